The highest BCUT2D eigenvalue weighted by molar-refractivity contribution is 7.94. The van der Waals surface area contributed by atoms with Crippen LogP contribution >= 0.6 is 35.2 Å². The molecule has 0 unspecified atom stereocenters. The molecule has 0 atom stereocenters. The molecule has 1 heterocycles. The average Bonchev–Trinajstić information content (AvgIpc) is 3.26. The van der Waals surface area contributed by atoms with E-state index in [1.807, 2.05) is 6.92 Å². The quantitative estimate of drug-likeness (QED) is 0.323. The number of amides is 1. The Balaban J connectivity index is 1.67. The van der Waals surface area contributed by atoms with Crippen LogP contribution in [0.5, 0.6) is 0 Å². The summed E-state index contributed by atoms with van der Waals surface area (Å²) < 4.78 is 27.5. The van der Waals surface area contributed by atoms with Crippen LogP contribution in [0.1, 0.15) is 15.9 Å². The van der Waals surface area contributed by atoms with Crippen molar-refractivity contribution in [3.05, 3.63) is 76.1 Å². The van der Waals surface area contributed by atoms with Gasteiger partial charge in [0.1, 0.15) is 4.21 Å². The Bertz CT molecular complexity index is 1180. The van der Waals surface area contributed by atoms with Crippen LogP contribution in [-0.2, 0) is 10.0 Å². The zero-order valence-electron chi connectivity index (χ0n) is 15.6. The first-order chi connectivity index (χ1) is 14.3. The van der Waals surface area contributed by atoms with Gasteiger partial charge in [0.15, 0.2) is 5.11 Å². The van der Waals surface area contributed by atoms with Gasteiger partial charge in [0, 0.05) is 10.7 Å². The minimum absolute atomic E-state index is 0.131. The van der Waals surface area contributed by atoms with Crippen molar-refractivity contribution in [2.45, 2.75) is 11.1 Å². The van der Waals surface area contributed by atoms with Gasteiger partial charge in [0.25, 0.3) is 15.9 Å². The number of hydrogen-bond donors (Lipinski definition) is 4. The molecule has 4 N–H and O–H groups in total. The van der Waals surface area contributed by atoms with Crippen molar-refractivity contribution in [3.8, 4) is 0 Å². The number of thiocarbonyl (C=S) groups is 1. The first kappa shape index (κ1) is 22.0. The molecule has 3 rings (SSSR count). The number of sulfonamides is 1. The molecule has 2 aromatic carbocycles. The smallest absolute Gasteiger partial charge is 0.271 e. The van der Waals surface area contributed by atoms with Crippen LogP contribution in [0, 0.1) is 6.92 Å². The van der Waals surface area contributed by atoms with Gasteiger partial charge in [-0.15, -0.1) is 11.3 Å². The Morgan fingerprint density at radius 1 is 1.00 bits per heavy atom. The molecule has 156 valence electrons. The molecule has 30 heavy (non-hydrogen) atoms. The Hall–Kier alpha value is -2.66. The molecule has 0 radical (unpaired) electrons. The molecule has 0 aliphatic heterocycles. The summed E-state index contributed by atoms with van der Waals surface area (Å²) in [5.74, 6) is -0.563. The van der Waals surface area contributed by atoms with Crippen molar-refractivity contribution in [2.75, 3.05) is 10.0 Å². The van der Waals surface area contributed by atoms with Crippen LogP contribution in [0.2, 0.25) is 5.02 Å². The largest absolute Gasteiger partial charge is 0.331 e. The van der Waals surface area contributed by atoms with E-state index >= 15 is 0 Å². The zero-order valence-corrected chi connectivity index (χ0v) is 18.8. The van der Waals surface area contributed by atoms with Crippen LogP contribution in [0.25, 0.3) is 0 Å². The van der Waals surface area contributed by atoms with E-state index in [0.29, 0.717) is 10.7 Å². The normalized spacial score (nSPS) is 10.9. The maximum absolute atomic E-state index is 12.6. The van der Waals surface area contributed by atoms with Gasteiger partial charge in [-0.3, -0.25) is 20.4 Å². The highest BCUT2D eigenvalue weighted by Gasteiger charge is 2.19. The van der Waals surface area contributed by atoms with E-state index in [9.17, 15) is 13.2 Å². The minimum Gasteiger partial charge on any atom is -0.331 e. The fourth-order valence-corrected chi connectivity index (χ4v) is 4.87. The third kappa shape index (κ3) is 5.28. The highest BCUT2D eigenvalue weighted by Crippen LogP contribution is 2.24. The molecule has 11 heteroatoms. The maximum Gasteiger partial charge on any atom is 0.271 e. The predicted molar refractivity (Wildman–Crippen MR) is 125 cm³/mol. The summed E-state index contributed by atoms with van der Waals surface area (Å²) in [6, 6.07) is 14.7. The Kier molecular flexibility index (Phi) is 6.93. The predicted octanol–water partition coefficient (Wildman–Crippen LogP) is 4.14. The number of hydrazine groups is 1. The molecule has 0 saturated heterocycles. The van der Waals surface area contributed by atoms with Crippen molar-refractivity contribution >= 4 is 67.6 Å². The third-order valence-electron chi connectivity index (χ3n) is 3.98. The zero-order chi connectivity index (χ0) is 21.7. The van der Waals surface area contributed by atoms with Crippen molar-refractivity contribution in [1.29, 1.82) is 0 Å². The monoisotopic (exact) mass is 480 g/mol. The summed E-state index contributed by atoms with van der Waals surface area (Å²) in [5.41, 5.74) is 6.83. The van der Waals surface area contributed by atoms with Gasteiger partial charge < -0.3 is 5.32 Å². The Labute approximate surface area is 188 Å². The number of hydrogen-bond acceptors (Lipinski definition) is 5. The summed E-state index contributed by atoms with van der Waals surface area (Å²) in [6.07, 6.45) is 0. The molecule has 0 bridgehead atoms. The lowest BCUT2D eigenvalue weighted by atomic mass is 10.2. The van der Waals surface area contributed by atoms with Crippen molar-refractivity contribution in [2.24, 2.45) is 0 Å². The van der Waals surface area contributed by atoms with Crippen LogP contribution in [-0.4, -0.2) is 19.4 Å². The number of carbonyl (C=O) groups is 1. The van der Waals surface area contributed by atoms with E-state index in [0.717, 1.165) is 16.9 Å². The van der Waals surface area contributed by atoms with Gasteiger partial charge in [0.05, 0.1) is 11.3 Å². The first-order valence-electron chi connectivity index (χ1n) is 8.56. The highest BCUT2D eigenvalue weighted by atomic mass is 35.5. The lowest BCUT2D eigenvalue weighted by molar-refractivity contribution is 0.0945. The molecular formula is C19H17ClN4O3S3. The third-order valence-corrected chi connectivity index (χ3v) is 7.36. The van der Waals surface area contributed by atoms with Crippen LogP contribution in [0.15, 0.2) is 64.2 Å². The van der Waals surface area contributed by atoms with Gasteiger partial charge >= 0.3 is 0 Å². The topological polar surface area (TPSA) is 99.3 Å². The number of benzene rings is 2. The van der Waals surface area contributed by atoms with Crippen LogP contribution < -0.4 is 20.9 Å². The standard InChI is InChI=1S/C19H17ClN4O3S3/c1-12-14(20)7-4-9-15(12)21-19(28)23-22-18(25)13-6-2-3-8-16(13)24-30(26,27)17-10-5-11-29-17/h2-11,24H,1H3,(H,22,25)(H2,21,23,28). The summed E-state index contributed by atoms with van der Waals surface area (Å²) >= 11 is 12.4. The summed E-state index contributed by atoms with van der Waals surface area (Å²) in [4.78, 5) is 12.6. The molecule has 1 aromatic heterocycles. The molecule has 0 spiro atoms. The summed E-state index contributed by atoms with van der Waals surface area (Å²) in [6.45, 7) is 1.84. The molecule has 1 amide bonds. The molecule has 3 aromatic rings. The molecule has 7 nitrogen and oxygen atoms in total. The fraction of sp³-hybridized carbons (Fsp3) is 0.0526. The fourth-order valence-electron chi connectivity index (χ4n) is 2.46. The summed E-state index contributed by atoms with van der Waals surface area (Å²) in [7, 11) is -3.79. The van der Waals surface area contributed by atoms with E-state index < -0.39 is 15.9 Å². The van der Waals surface area contributed by atoms with Gasteiger partial charge in [-0.25, -0.2) is 8.42 Å². The molecule has 0 saturated carbocycles. The van der Waals surface area contributed by atoms with E-state index in [1.54, 1.807) is 41.8 Å². The number of thiophene rings is 1. The second-order valence-electron chi connectivity index (χ2n) is 6.03. The van der Waals surface area contributed by atoms with Gasteiger partial charge in [0.2, 0.25) is 0 Å². The van der Waals surface area contributed by atoms with Crippen LogP contribution in [0.4, 0.5) is 11.4 Å². The van der Waals surface area contributed by atoms with Crippen molar-refractivity contribution < 1.29 is 13.2 Å². The maximum atomic E-state index is 12.6. The summed E-state index contributed by atoms with van der Waals surface area (Å²) in [5, 5.41) is 5.33. The van der Waals surface area contributed by atoms with Crippen LogP contribution in [0.3, 0.4) is 0 Å². The number of nitrogens with one attached hydrogen (secondary N) is 4. The SMILES string of the molecule is Cc1c(Cl)cccc1NC(=S)NNC(=O)c1ccccc1NS(=O)(=O)c1cccs1. The second kappa shape index (κ2) is 9.43. The number of anilines is 2. The average molecular weight is 481 g/mol. The van der Waals surface area contributed by atoms with E-state index in [2.05, 4.69) is 20.9 Å². The Morgan fingerprint density at radius 2 is 1.73 bits per heavy atom. The van der Waals surface area contributed by atoms with E-state index in [1.165, 1.54) is 18.2 Å². The number of halogens is 1. The second-order valence-corrected chi connectivity index (χ2v) is 9.70. The van der Waals surface area contributed by atoms with E-state index in [-0.39, 0.29) is 20.6 Å². The Morgan fingerprint density at radius 3 is 2.47 bits per heavy atom. The molecule has 0 fully saturated rings. The first-order valence-corrected chi connectivity index (χ1v) is 11.7. The number of para-hydroxylation sites is 1. The molecule has 0 aliphatic carbocycles. The number of rotatable bonds is 5. The van der Waals surface area contributed by atoms with Gasteiger partial charge in [-0.1, -0.05) is 35.9 Å². The lowest BCUT2D eigenvalue weighted by Gasteiger charge is -2.15. The van der Waals surface area contributed by atoms with E-state index in [4.69, 9.17) is 23.8 Å². The molecule has 0 aliphatic rings. The van der Waals surface area contributed by atoms with Crippen molar-refractivity contribution in [3.63, 3.8) is 0 Å². The lowest BCUT2D eigenvalue weighted by Crippen LogP contribution is -2.44. The van der Waals surface area contributed by atoms with Gasteiger partial charge in [-0.2, -0.15) is 0 Å². The van der Waals surface area contributed by atoms with Crippen molar-refractivity contribution in [1.82, 2.24) is 10.9 Å². The molecular weight excluding hydrogens is 464 g/mol. The minimum atomic E-state index is -3.79. The number of carbonyl (C=O) groups excluding carboxylic acids is 1. The van der Waals surface area contributed by atoms with Gasteiger partial charge in [-0.05, 0) is 60.4 Å².